The van der Waals surface area contributed by atoms with E-state index in [2.05, 4.69) is 18.4 Å². The van der Waals surface area contributed by atoms with Crippen LogP contribution in [0.15, 0.2) is 23.3 Å². The average molecular weight is 290 g/mol. The minimum absolute atomic E-state index is 0.0401. The lowest BCUT2D eigenvalue weighted by Gasteiger charge is -2.22. The highest BCUT2D eigenvalue weighted by Gasteiger charge is 2.56. The molecule has 1 aliphatic carbocycles. The highest BCUT2D eigenvalue weighted by molar-refractivity contribution is 7.10. The summed E-state index contributed by atoms with van der Waals surface area (Å²) in [6.45, 7) is 2.73. The molecule has 0 radical (unpaired) electrons. The molecule has 2 aliphatic heterocycles. The van der Waals surface area contributed by atoms with Gasteiger partial charge < -0.3 is 9.47 Å². The molecule has 4 atom stereocenters. The summed E-state index contributed by atoms with van der Waals surface area (Å²) in [7, 11) is 0. The molecule has 106 valence electrons. The lowest BCUT2D eigenvalue weighted by atomic mass is 9.80. The van der Waals surface area contributed by atoms with Crippen molar-refractivity contribution in [2.75, 3.05) is 0 Å². The van der Waals surface area contributed by atoms with E-state index in [0.29, 0.717) is 6.61 Å². The number of hydrogen-bond donors (Lipinski definition) is 0. The first-order valence-corrected chi connectivity index (χ1v) is 8.24. The standard InChI is InChI=1S/C16H18O3S/c1-2-9-5-10(20-8-9)7-18-14-6-11(17)15-12-3-4-13(19-12)16(14)15/h5-6,8,12-13,15-16H,2-4,7H2,1H3/t12-,13+,15-,16-/m1/s1. The van der Waals surface area contributed by atoms with Crippen LogP contribution < -0.4 is 0 Å². The molecule has 0 unspecified atom stereocenters. The van der Waals surface area contributed by atoms with Gasteiger partial charge in [-0.25, -0.2) is 0 Å². The van der Waals surface area contributed by atoms with Gasteiger partial charge in [-0.15, -0.1) is 11.3 Å². The Bertz CT molecular complexity index is 574. The Morgan fingerprint density at radius 2 is 2.15 bits per heavy atom. The highest BCUT2D eigenvalue weighted by Crippen LogP contribution is 2.50. The molecule has 1 aromatic heterocycles. The molecule has 3 heterocycles. The monoisotopic (exact) mass is 290 g/mol. The number of ether oxygens (including phenoxy) is 2. The van der Waals surface area contributed by atoms with Gasteiger partial charge in [0.15, 0.2) is 5.78 Å². The first kappa shape index (κ1) is 12.6. The number of fused-ring (bicyclic) bond motifs is 5. The Kier molecular flexibility index (Phi) is 2.97. The van der Waals surface area contributed by atoms with Crippen LogP contribution in [0.2, 0.25) is 0 Å². The van der Waals surface area contributed by atoms with Gasteiger partial charge in [-0.3, -0.25) is 4.79 Å². The fourth-order valence-electron chi connectivity index (χ4n) is 3.71. The predicted octanol–water partition coefficient (Wildman–Crippen LogP) is 3.09. The molecule has 3 nitrogen and oxygen atoms in total. The molecular weight excluding hydrogens is 272 g/mol. The molecule has 0 spiro atoms. The van der Waals surface area contributed by atoms with E-state index in [1.54, 1.807) is 17.4 Å². The molecule has 20 heavy (non-hydrogen) atoms. The minimum Gasteiger partial charge on any atom is -0.492 e. The quantitative estimate of drug-likeness (QED) is 0.855. The van der Waals surface area contributed by atoms with Crippen LogP contribution in [0.4, 0.5) is 0 Å². The number of allylic oxidation sites excluding steroid dienone is 1. The SMILES string of the molecule is CCc1csc(COC2=CC(=O)[C@H]3[C@@H]2[C@@H]2CC[C@H]3O2)c1. The Balaban J connectivity index is 1.46. The van der Waals surface area contributed by atoms with Crippen LogP contribution in [-0.2, 0) is 27.3 Å². The smallest absolute Gasteiger partial charge is 0.165 e. The molecule has 0 N–H and O–H groups in total. The van der Waals surface area contributed by atoms with Crippen molar-refractivity contribution in [1.29, 1.82) is 0 Å². The molecule has 0 aromatic carbocycles. The van der Waals surface area contributed by atoms with E-state index in [4.69, 9.17) is 9.47 Å². The van der Waals surface area contributed by atoms with Gasteiger partial charge in [0.1, 0.15) is 12.4 Å². The number of carbonyl (C=O) groups excluding carboxylic acids is 1. The van der Waals surface area contributed by atoms with Gasteiger partial charge >= 0.3 is 0 Å². The molecule has 2 saturated heterocycles. The second-order valence-electron chi connectivity index (χ2n) is 5.85. The summed E-state index contributed by atoms with van der Waals surface area (Å²) in [6.07, 6.45) is 5.22. The largest absolute Gasteiger partial charge is 0.492 e. The fraction of sp³-hybridized carbons (Fsp3) is 0.562. The molecule has 2 fully saturated rings. The zero-order valence-electron chi connectivity index (χ0n) is 11.5. The van der Waals surface area contributed by atoms with E-state index < -0.39 is 0 Å². The van der Waals surface area contributed by atoms with E-state index in [1.165, 1.54) is 10.4 Å². The molecular formula is C16H18O3S. The molecule has 3 aliphatic rings. The Morgan fingerprint density at radius 1 is 1.35 bits per heavy atom. The summed E-state index contributed by atoms with van der Waals surface area (Å²) in [5, 5.41) is 2.18. The summed E-state index contributed by atoms with van der Waals surface area (Å²) in [5.74, 6) is 1.29. The topological polar surface area (TPSA) is 35.5 Å². The van der Waals surface area contributed by atoms with Crippen LogP contribution in [0.3, 0.4) is 0 Å². The summed E-state index contributed by atoms with van der Waals surface area (Å²) >= 11 is 1.73. The van der Waals surface area contributed by atoms with Crippen molar-refractivity contribution in [2.45, 2.75) is 45.0 Å². The van der Waals surface area contributed by atoms with Crippen molar-refractivity contribution in [1.82, 2.24) is 0 Å². The molecule has 0 saturated carbocycles. The van der Waals surface area contributed by atoms with Crippen LogP contribution in [-0.4, -0.2) is 18.0 Å². The third-order valence-corrected chi connectivity index (χ3v) is 5.67. The van der Waals surface area contributed by atoms with Crippen LogP contribution in [0.5, 0.6) is 0 Å². The van der Waals surface area contributed by atoms with Crippen LogP contribution in [0, 0.1) is 11.8 Å². The average Bonchev–Trinajstić information content (AvgIpc) is 3.19. The van der Waals surface area contributed by atoms with E-state index in [9.17, 15) is 4.79 Å². The molecule has 4 rings (SSSR count). The fourth-order valence-corrected chi connectivity index (χ4v) is 4.60. The van der Waals surface area contributed by atoms with E-state index in [0.717, 1.165) is 25.0 Å². The normalized spacial score (nSPS) is 34.5. The molecule has 1 aromatic rings. The third kappa shape index (κ3) is 1.85. The van der Waals surface area contributed by atoms with E-state index in [-0.39, 0.29) is 29.8 Å². The number of ketones is 1. The van der Waals surface area contributed by atoms with Crippen molar-refractivity contribution >= 4 is 17.1 Å². The van der Waals surface area contributed by atoms with Gasteiger partial charge in [0.25, 0.3) is 0 Å². The van der Waals surface area contributed by atoms with Crippen molar-refractivity contribution in [3.05, 3.63) is 33.7 Å². The number of aryl methyl sites for hydroxylation is 1. The Hall–Kier alpha value is -1.13. The maximum absolute atomic E-state index is 12.1. The summed E-state index contributed by atoms with van der Waals surface area (Å²) < 4.78 is 11.8. The number of carbonyl (C=O) groups is 1. The van der Waals surface area contributed by atoms with E-state index in [1.807, 2.05) is 0 Å². The third-order valence-electron chi connectivity index (χ3n) is 4.71. The number of hydrogen-bond acceptors (Lipinski definition) is 4. The van der Waals surface area contributed by atoms with Crippen LogP contribution in [0.25, 0.3) is 0 Å². The van der Waals surface area contributed by atoms with Crippen molar-refractivity contribution in [3.8, 4) is 0 Å². The van der Waals surface area contributed by atoms with E-state index >= 15 is 0 Å². The zero-order valence-corrected chi connectivity index (χ0v) is 12.3. The Labute approximate surface area is 122 Å². The lowest BCUT2D eigenvalue weighted by molar-refractivity contribution is -0.119. The maximum atomic E-state index is 12.1. The predicted molar refractivity (Wildman–Crippen MR) is 76.5 cm³/mol. The Morgan fingerprint density at radius 3 is 2.90 bits per heavy atom. The second-order valence-corrected chi connectivity index (χ2v) is 6.85. The highest BCUT2D eigenvalue weighted by atomic mass is 32.1. The molecule has 4 heteroatoms. The molecule has 0 amide bonds. The van der Waals surface area contributed by atoms with Gasteiger partial charge in [0.2, 0.25) is 0 Å². The minimum atomic E-state index is 0.0401. The van der Waals surface area contributed by atoms with Crippen molar-refractivity contribution in [2.24, 2.45) is 11.8 Å². The zero-order chi connectivity index (χ0) is 13.7. The first-order chi connectivity index (χ1) is 9.76. The van der Waals surface area contributed by atoms with Gasteiger partial charge in [-0.1, -0.05) is 6.92 Å². The van der Waals surface area contributed by atoms with Gasteiger partial charge in [0, 0.05) is 11.0 Å². The van der Waals surface area contributed by atoms with Gasteiger partial charge in [-0.2, -0.15) is 0 Å². The number of rotatable bonds is 4. The summed E-state index contributed by atoms with van der Waals surface area (Å²) in [4.78, 5) is 13.3. The maximum Gasteiger partial charge on any atom is 0.165 e. The molecule has 2 bridgehead atoms. The van der Waals surface area contributed by atoms with Crippen LogP contribution >= 0.6 is 11.3 Å². The van der Waals surface area contributed by atoms with Crippen molar-refractivity contribution in [3.63, 3.8) is 0 Å². The second kappa shape index (κ2) is 4.71. The van der Waals surface area contributed by atoms with Gasteiger partial charge in [0.05, 0.1) is 24.0 Å². The summed E-state index contributed by atoms with van der Waals surface area (Å²) in [6, 6.07) is 2.19. The van der Waals surface area contributed by atoms with Crippen LogP contribution in [0.1, 0.15) is 30.2 Å². The first-order valence-electron chi connectivity index (χ1n) is 7.36. The summed E-state index contributed by atoms with van der Waals surface area (Å²) in [5.41, 5.74) is 1.35. The number of thiophene rings is 1. The van der Waals surface area contributed by atoms with Crippen molar-refractivity contribution < 1.29 is 14.3 Å². The van der Waals surface area contributed by atoms with Gasteiger partial charge in [-0.05, 0) is 36.3 Å². The lowest BCUT2D eigenvalue weighted by Crippen LogP contribution is -2.29.